The van der Waals surface area contributed by atoms with Gasteiger partial charge in [-0.15, -0.1) is 0 Å². The van der Waals surface area contributed by atoms with Crippen LogP contribution in [0.15, 0.2) is 18.3 Å². The number of nitrogens with zero attached hydrogens (tertiary/aromatic N) is 4. The second kappa shape index (κ2) is 6.51. The molecule has 0 radical (unpaired) electrons. The first kappa shape index (κ1) is 15.2. The summed E-state index contributed by atoms with van der Waals surface area (Å²) in [7, 11) is 0. The first-order valence-corrected chi connectivity index (χ1v) is 7.12. The lowest BCUT2D eigenvalue weighted by Gasteiger charge is -2.09. The Kier molecular flexibility index (Phi) is 4.71. The minimum absolute atomic E-state index is 0.440. The Labute approximate surface area is 125 Å². The zero-order valence-corrected chi connectivity index (χ0v) is 13.0. The van der Waals surface area contributed by atoms with E-state index in [1.54, 1.807) is 6.20 Å². The SMILES string of the molecule is Cc1nn(Cc2ccnc(C#N)c2)c(C)c1CNC(C)C. The van der Waals surface area contributed by atoms with Gasteiger partial charge in [0.2, 0.25) is 0 Å². The number of rotatable bonds is 5. The maximum absolute atomic E-state index is 8.91. The molecule has 0 aliphatic heterocycles. The normalized spacial score (nSPS) is 10.9. The molecule has 0 aliphatic rings. The van der Waals surface area contributed by atoms with Crippen molar-refractivity contribution in [2.45, 2.75) is 46.8 Å². The molecule has 0 aliphatic carbocycles. The first-order chi connectivity index (χ1) is 10.0. The van der Waals surface area contributed by atoms with Crippen molar-refractivity contribution in [1.29, 1.82) is 5.26 Å². The van der Waals surface area contributed by atoms with E-state index in [9.17, 15) is 0 Å². The third-order valence-electron chi connectivity index (χ3n) is 3.49. The summed E-state index contributed by atoms with van der Waals surface area (Å²) < 4.78 is 1.99. The van der Waals surface area contributed by atoms with Gasteiger partial charge >= 0.3 is 0 Å². The van der Waals surface area contributed by atoms with E-state index in [1.807, 2.05) is 23.7 Å². The van der Waals surface area contributed by atoms with Crippen LogP contribution in [-0.4, -0.2) is 20.8 Å². The standard InChI is InChI=1S/C16H21N5/c1-11(2)19-9-16-12(3)20-21(13(16)4)10-14-5-6-18-15(7-14)8-17/h5-7,11,19H,9-10H2,1-4H3. The van der Waals surface area contributed by atoms with Crippen LogP contribution in [0.4, 0.5) is 0 Å². The van der Waals surface area contributed by atoms with Gasteiger partial charge in [0.05, 0.1) is 12.2 Å². The topological polar surface area (TPSA) is 66.5 Å². The average molecular weight is 283 g/mol. The second-order valence-electron chi connectivity index (χ2n) is 5.50. The second-order valence-corrected chi connectivity index (χ2v) is 5.50. The van der Waals surface area contributed by atoms with E-state index >= 15 is 0 Å². The molecule has 0 fully saturated rings. The van der Waals surface area contributed by atoms with Gasteiger partial charge in [-0.1, -0.05) is 13.8 Å². The quantitative estimate of drug-likeness (QED) is 0.914. The molecule has 0 atom stereocenters. The van der Waals surface area contributed by atoms with Gasteiger partial charge in [0.25, 0.3) is 0 Å². The van der Waals surface area contributed by atoms with Crippen LogP contribution in [0.5, 0.6) is 0 Å². The molecule has 0 spiro atoms. The monoisotopic (exact) mass is 283 g/mol. The van der Waals surface area contributed by atoms with Crippen LogP contribution < -0.4 is 5.32 Å². The van der Waals surface area contributed by atoms with Crippen molar-refractivity contribution in [1.82, 2.24) is 20.1 Å². The van der Waals surface area contributed by atoms with Gasteiger partial charge in [0, 0.05) is 30.0 Å². The predicted octanol–water partition coefficient (Wildman–Crippen LogP) is 2.31. The number of nitrogens with one attached hydrogen (secondary N) is 1. The molecule has 2 rings (SSSR count). The van der Waals surface area contributed by atoms with Crippen LogP contribution >= 0.6 is 0 Å². The van der Waals surface area contributed by atoms with Gasteiger partial charge in [-0.05, 0) is 31.5 Å². The third-order valence-corrected chi connectivity index (χ3v) is 3.49. The zero-order chi connectivity index (χ0) is 15.4. The summed E-state index contributed by atoms with van der Waals surface area (Å²) in [6.45, 7) is 9.88. The van der Waals surface area contributed by atoms with Crippen LogP contribution in [0.25, 0.3) is 0 Å². The van der Waals surface area contributed by atoms with E-state index in [-0.39, 0.29) is 0 Å². The number of aromatic nitrogens is 3. The van der Waals surface area contributed by atoms with Crippen molar-refractivity contribution in [2.24, 2.45) is 0 Å². The summed E-state index contributed by atoms with van der Waals surface area (Å²) in [5.41, 5.74) is 4.94. The third kappa shape index (κ3) is 3.67. The average Bonchev–Trinajstić information content (AvgIpc) is 2.71. The highest BCUT2D eigenvalue weighted by Gasteiger charge is 2.12. The molecule has 2 aromatic rings. The Bertz CT molecular complexity index is 664. The number of hydrogen-bond acceptors (Lipinski definition) is 4. The lowest BCUT2D eigenvalue weighted by atomic mass is 10.2. The van der Waals surface area contributed by atoms with Crippen molar-refractivity contribution in [3.05, 3.63) is 46.5 Å². The smallest absolute Gasteiger partial charge is 0.140 e. The van der Waals surface area contributed by atoms with Gasteiger partial charge in [-0.25, -0.2) is 4.98 Å². The van der Waals surface area contributed by atoms with Crippen molar-refractivity contribution < 1.29 is 0 Å². The lowest BCUT2D eigenvalue weighted by molar-refractivity contribution is 0.584. The van der Waals surface area contributed by atoms with Gasteiger partial charge in [0.1, 0.15) is 11.8 Å². The molecule has 0 saturated carbocycles. The molecule has 2 aromatic heterocycles. The van der Waals surface area contributed by atoms with Crippen LogP contribution in [0.2, 0.25) is 0 Å². The largest absolute Gasteiger partial charge is 0.310 e. The molecule has 5 heteroatoms. The Hall–Kier alpha value is -2.19. The number of pyridine rings is 1. The molecule has 0 unspecified atom stereocenters. The Balaban J connectivity index is 2.21. The fourth-order valence-corrected chi connectivity index (χ4v) is 2.26. The maximum Gasteiger partial charge on any atom is 0.140 e. The molecule has 1 N–H and O–H groups in total. The molecule has 5 nitrogen and oxygen atoms in total. The van der Waals surface area contributed by atoms with E-state index < -0.39 is 0 Å². The first-order valence-electron chi connectivity index (χ1n) is 7.12. The van der Waals surface area contributed by atoms with Gasteiger partial charge in [-0.2, -0.15) is 10.4 Å². The fourth-order valence-electron chi connectivity index (χ4n) is 2.26. The van der Waals surface area contributed by atoms with E-state index in [4.69, 9.17) is 5.26 Å². The molecular weight excluding hydrogens is 262 g/mol. The van der Waals surface area contributed by atoms with Crippen molar-refractivity contribution in [3.8, 4) is 6.07 Å². The van der Waals surface area contributed by atoms with Crippen LogP contribution in [0.1, 0.15) is 42.1 Å². The van der Waals surface area contributed by atoms with Crippen LogP contribution in [-0.2, 0) is 13.1 Å². The van der Waals surface area contributed by atoms with Crippen LogP contribution in [0.3, 0.4) is 0 Å². The Morgan fingerprint density at radius 2 is 2.14 bits per heavy atom. The summed E-state index contributed by atoms with van der Waals surface area (Å²) in [6, 6.07) is 6.24. The Morgan fingerprint density at radius 3 is 2.81 bits per heavy atom. The van der Waals surface area contributed by atoms with E-state index in [0.717, 1.165) is 23.5 Å². The van der Waals surface area contributed by atoms with Gasteiger partial charge in [-0.3, -0.25) is 4.68 Å². The number of aryl methyl sites for hydroxylation is 1. The van der Waals surface area contributed by atoms with Gasteiger partial charge in [0.15, 0.2) is 0 Å². The molecule has 0 aromatic carbocycles. The van der Waals surface area contributed by atoms with Gasteiger partial charge < -0.3 is 5.32 Å². The molecule has 2 heterocycles. The summed E-state index contributed by atoms with van der Waals surface area (Å²) in [4.78, 5) is 3.99. The zero-order valence-electron chi connectivity index (χ0n) is 13.0. The molecule has 0 bridgehead atoms. The number of nitriles is 1. The van der Waals surface area contributed by atoms with Crippen LogP contribution in [0, 0.1) is 25.2 Å². The molecule has 21 heavy (non-hydrogen) atoms. The lowest BCUT2D eigenvalue weighted by Crippen LogP contribution is -2.22. The highest BCUT2D eigenvalue weighted by Crippen LogP contribution is 2.15. The van der Waals surface area contributed by atoms with Crippen molar-refractivity contribution in [2.75, 3.05) is 0 Å². The number of hydrogen-bond donors (Lipinski definition) is 1. The summed E-state index contributed by atoms with van der Waals surface area (Å²) in [6.07, 6.45) is 1.67. The van der Waals surface area contributed by atoms with E-state index in [2.05, 4.69) is 42.2 Å². The summed E-state index contributed by atoms with van der Waals surface area (Å²) in [5.74, 6) is 0. The highest BCUT2D eigenvalue weighted by atomic mass is 15.3. The summed E-state index contributed by atoms with van der Waals surface area (Å²) >= 11 is 0. The summed E-state index contributed by atoms with van der Waals surface area (Å²) in [5, 5.41) is 17.0. The molecule has 110 valence electrons. The van der Waals surface area contributed by atoms with E-state index in [1.165, 1.54) is 5.56 Å². The minimum atomic E-state index is 0.440. The fraction of sp³-hybridized carbons (Fsp3) is 0.438. The molecule has 0 amide bonds. The minimum Gasteiger partial charge on any atom is -0.310 e. The Morgan fingerprint density at radius 1 is 1.38 bits per heavy atom. The predicted molar refractivity (Wildman–Crippen MR) is 81.7 cm³/mol. The van der Waals surface area contributed by atoms with Crippen molar-refractivity contribution >= 4 is 0 Å². The highest BCUT2D eigenvalue weighted by molar-refractivity contribution is 5.28. The van der Waals surface area contributed by atoms with E-state index in [0.29, 0.717) is 18.3 Å². The molecular formula is C16H21N5. The molecule has 0 saturated heterocycles. The maximum atomic E-state index is 8.91. The van der Waals surface area contributed by atoms with Crippen molar-refractivity contribution in [3.63, 3.8) is 0 Å².